The lowest BCUT2D eigenvalue weighted by atomic mass is 9.52. The highest BCUT2D eigenvalue weighted by atomic mass is 16.5. The predicted octanol–water partition coefficient (Wildman–Crippen LogP) is 5.13. The van der Waals surface area contributed by atoms with Gasteiger partial charge in [0.25, 0.3) is 0 Å². The van der Waals surface area contributed by atoms with Crippen LogP contribution < -0.4 is 14.4 Å². The fraction of sp³-hybridized carbons (Fsp3) is 0.333. The molecule has 0 radical (unpaired) electrons. The molecule has 3 aromatic rings. The van der Waals surface area contributed by atoms with Gasteiger partial charge in [-0.1, -0.05) is 54.1 Å². The van der Waals surface area contributed by atoms with E-state index in [4.69, 9.17) is 9.47 Å². The van der Waals surface area contributed by atoms with Crippen LogP contribution in [-0.4, -0.2) is 59.5 Å². The summed E-state index contributed by atoms with van der Waals surface area (Å²) >= 11 is 0. The number of phenols is 2. The van der Waals surface area contributed by atoms with Crippen LogP contribution in [0.5, 0.6) is 23.0 Å². The lowest BCUT2D eigenvalue weighted by Gasteiger charge is -2.47. The second-order valence-corrected chi connectivity index (χ2v) is 13.4. The van der Waals surface area contributed by atoms with E-state index in [0.717, 1.165) is 11.1 Å². The number of para-hydroxylation sites is 1. The van der Waals surface area contributed by atoms with E-state index in [1.807, 2.05) is 31.2 Å². The molecule has 2 N–H and O–H groups in total. The van der Waals surface area contributed by atoms with Gasteiger partial charge in [0, 0.05) is 12.5 Å². The van der Waals surface area contributed by atoms with E-state index in [9.17, 15) is 29.4 Å². The third kappa shape index (κ3) is 5.08. The molecule has 10 heteroatoms. The molecule has 6 atom stereocenters. The molecule has 6 unspecified atom stereocenters. The van der Waals surface area contributed by atoms with Crippen LogP contribution in [0.2, 0.25) is 0 Å². The molecular weight excluding hydrogens is 624 g/mol. The van der Waals surface area contributed by atoms with E-state index in [0.29, 0.717) is 24.1 Å². The highest BCUT2D eigenvalue weighted by molar-refractivity contribution is 6.24. The van der Waals surface area contributed by atoms with Gasteiger partial charge in [-0.15, -0.1) is 0 Å². The Morgan fingerprint density at radius 3 is 2.20 bits per heavy atom. The Kier molecular flexibility index (Phi) is 8.05. The van der Waals surface area contributed by atoms with Crippen LogP contribution in [0.25, 0.3) is 6.08 Å². The number of hydrogen-bond donors (Lipinski definition) is 2. The number of fused-ring (bicyclic) bond motifs is 4. The molecule has 252 valence electrons. The SMILES string of the molecule is COc1cc(C=CC2C3=CCC4C(=O)N(CCc5ccc(O)cc5)C(=O)C4C3CC3C(=O)N(c4ccccc4)C(=O)C23C)cc(OC)c1O. The van der Waals surface area contributed by atoms with Crippen LogP contribution >= 0.6 is 0 Å². The Balaban J connectivity index is 1.27. The number of benzene rings is 3. The molecule has 3 aromatic carbocycles. The molecule has 1 saturated carbocycles. The summed E-state index contributed by atoms with van der Waals surface area (Å²) < 4.78 is 10.7. The van der Waals surface area contributed by atoms with Gasteiger partial charge in [-0.2, -0.15) is 0 Å². The molecule has 2 heterocycles. The van der Waals surface area contributed by atoms with Crippen molar-refractivity contribution in [1.82, 2.24) is 4.90 Å². The topological polar surface area (TPSA) is 134 Å². The molecule has 4 amide bonds. The van der Waals surface area contributed by atoms with E-state index in [2.05, 4.69) is 0 Å². The summed E-state index contributed by atoms with van der Waals surface area (Å²) in [6.07, 6.45) is 6.81. The van der Waals surface area contributed by atoms with Crippen LogP contribution in [0, 0.1) is 35.0 Å². The number of ether oxygens (including phenoxy) is 2. The number of likely N-dealkylation sites (tertiary alicyclic amines) is 1. The second-order valence-electron chi connectivity index (χ2n) is 13.4. The number of amides is 4. The average molecular weight is 663 g/mol. The highest BCUT2D eigenvalue weighted by Gasteiger charge is 2.66. The third-order valence-corrected chi connectivity index (χ3v) is 11.0. The molecule has 10 nitrogen and oxygen atoms in total. The summed E-state index contributed by atoms with van der Waals surface area (Å²) in [4.78, 5) is 59.2. The van der Waals surface area contributed by atoms with E-state index >= 15 is 0 Å². The number of imide groups is 2. The molecule has 0 bridgehead atoms. The summed E-state index contributed by atoms with van der Waals surface area (Å²) in [6.45, 7) is 2.05. The van der Waals surface area contributed by atoms with Crippen LogP contribution in [0.3, 0.4) is 0 Å². The molecule has 0 aromatic heterocycles. The normalized spacial score (nSPS) is 27.7. The zero-order valence-electron chi connectivity index (χ0n) is 27.5. The monoisotopic (exact) mass is 662 g/mol. The highest BCUT2D eigenvalue weighted by Crippen LogP contribution is 2.61. The van der Waals surface area contributed by atoms with Crippen molar-refractivity contribution in [1.29, 1.82) is 0 Å². The number of carbonyl (C=O) groups excluding carboxylic acids is 4. The fourth-order valence-corrected chi connectivity index (χ4v) is 8.45. The van der Waals surface area contributed by atoms with Gasteiger partial charge in [0.05, 0.1) is 43.1 Å². The van der Waals surface area contributed by atoms with Gasteiger partial charge >= 0.3 is 0 Å². The summed E-state index contributed by atoms with van der Waals surface area (Å²) in [6, 6.07) is 18.9. The average Bonchev–Trinajstić information content (AvgIpc) is 3.47. The van der Waals surface area contributed by atoms with Crippen LogP contribution in [0.15, 0.2) is 84.5 Å². The molecule has 2 aliphatic heterocycles. The molecule has 7 rings (SSSR count). The molecule has 3 fully saturated rings. The van der Waals surface area contributed by atoms with Crippen molar-refractivity contribution in [3.05, 3.63) is 95.6 Å². The predicted molar refractivity (Wildman–Crippen MR) is 181 cm³/mol. The first-order valence-electron chi connectivity index (χ1n) is 16.5. The molecule has 2 aliphatic carbocycles. The van der Waals surface area contributed by atoms with Crippen molar-refractivity contribution in [2.24, 2.45) is 35.0 Å². The minimum absolute atomic E-state index is 0.137. The Morgan fingerprint density at radius 1 is 0.878 bits per heavy atom. The first-order valence-corrected chi connectivity index (χ1v) is 16.5. The number of anilines is 1. The van der Waals surface area contributed by atoms with Crippen LogP contribution in [0.4, 0.5) is 5.69 Å². The van der Waals surface area contributed by atoms with E-state index in [1.165, 1.54) is 24.0 Å². The van der Waals surface area contributed by atoms with Gasteiger partial charge in [-0.3, -0.25) is 24.1 Å². The summed E-state index contributed by atoms with van der Waals surface area (Å²) in [7, 11) is 2.88. The number of hydrogen-bond acceptors (Lipinski definition) is 8. The standard InChI is InChI=1S/C39H38N2O8/c1-39-29(16-11-23-19-31(48-2)34(43)32(20-23)49-3)26-14-15-27-33(37(46)40(35(27)44)18-17-22-9-12-25(42)13-10-22)28(26)21-30(39)36(45)41(38(39)47)24-7-5-4-6-8-24/h4-14,16,19-20,27-30,33,42-43H,15,17-18,21H2,1-3H3. The van der Waals surface area contributed by atoms with Crippen molar-refractivity contribution in [2.75, 3.05) is 25.7 Å². The number of phenolic OH excluding ortho intramolecular Hbond substituents is 2. The summed E-state index contributed by atoms with van der Waals surface area (Å²) in [5, 5.41) is 20.1. The Labute approximate surface area is 284 Å². The number of rotatable bonds is 8. The van der Waals surface area contributed by atoms with Gasteiger partial charge in [0.1, 0.15) is 5.75 Å². The molecular formula is C39H38N2O8. The number of allylic oxidation sites excluding steroid dienone is 3. The lowest BCUT2D eigenvalue weighted by molar-refractivity contribution is -0.140. The molecule has 49 heavy (non-hydrogen) atoms. The van der Waals surface area contributed by atoms with Crippen molar-refractivity contribution in [3.63, 3.8) is 0 Å². The zero-order chi connectivity index (χ0) is 34.6. The maximum Gasteiger partial charge on any atom is 0.241 e. The zero-order valence-corrected chi connectivity index (χ0v) is 27.5. The smallest absolute Gasteiger partial charge is 0.241 e. The first kappa shape index (κ1) is 32.2. The van der Waals surface area contributed by atoms with Crippen LogP contribution in [0.1, 0.15) is 30.9 Å². The molecule has 4 aliphatic rings. The second kappa shape index (κ2) is 12.3. The van der Waals surface area contributed by atoms with Crippen LogP contribution in [-0.2, 0) is 25.6 Å². The largest absolute Gasteiger partial charge is 0.508 e. The number of nitrogens with zero attached hydrogens (tertiary/aromatic N) is 2. The van der Waals surface area contributed by atoms with Crippen molar-refractivity contribution in [3.8, 4) is 23.0 Å². The van der Waals surface area contributed by atoms with Gasteiger partial charge in [-0.05, 0) is 79.6 Å². The van der Waals surface area contributed by atoms with Crippen molar-refractivity contribution in [2.45, 2.75) is 26.2 Å². The minimum atomic E-state index is -1.16. The van der Waals surface area contributed by atoms with Gasteiger partial charge < -0.3 is 19.7 Å². The summed E-state index contributed by atoms with van der Waals surface area (Å²) in [5.74, 6) is -3.55. The Hall–Kier alpha value is -5.38. The van der Waals surface area contributed by atoms with Gasteiger partial charge in [0.15, 0.2) is 11.5 Å². The van der Waals surface area contributed by atoms with Crippen molar-refractivity contribution >= 4 is 35.4 Å². The summed E-state index contributed by atoms with van der Waals surface area (Å²) in [5.41, 5.74) is 1.75. The maximum atomic E-state index is 14.5. The minimum Gasteiger partial charge on any atom is -0.508 e. The van der Waals surface area contributed by atoms with Crippen molar-refractivity contribution < 1.29 is 38.9 Å². The molecule has 0 spiro atoms. The number of carbonyl (C=O) groups is 4. The van der Waals surface area contributed by atoms with Gasteiger partial charge in [0.2, 0.25) is 29.4 Å². The quantitative estimate of drug-likeness (QED) is 0.251. The lowest BCUT2D eigenvalue weighted by Crippen LogP contribution is -2.49. The Morgan fingerprint density at radius 2 is 1.55 bits per heavy atom. The number of methoxy groups -OCH3 is 2. The van der Waals surface area contributed by atoms with Gasteiger partial charge in [-0.25, -0.2) is 4.90 Å². The van der Waals surface area contributed by atoms with E-state index in [1.54, 1.807) is 60.7 Å². The fourth-order valence-electron chi connectivity index (χ4n) is 8.45. The Bertz CT molecular complexity index is 1880. The first-order chi connectivity index (χ1) is 23.6. The maximum absolute atomic E-state index is 14.5. The molecule has 2 saturated heterocycles. The van der Waals surface area contributed by atoms with E-state index < -0.39 is 35.0 Å². The number of aromatic hydroxyl groups is 2. The van der Waals surface area contributed by atoms with E-state index in [-0.39, 0.29) is 59.6 Å². The third-order valence-electron chi connectivity index (χ3n) is 11.0.